The van der Waals surface area contributed by atoms with Crippen molar-refractivity contribution in [2.45, 2.75) is 156 Å². The first kappa shape index (κ1) is 28.7. The Balaban J connectivity index is 1.42. The van der Waals surface area contributed by atoms with Crippen LogP contribution in [0.25, 0.3) is 0 Å². The molecule has 0 aromatic rings. The van der Waals surface area contributed by atoms with Gasteiger partial charge < -0.3 is 9.53 Å². The summed E-state index contributed by atoms with van der Waals surface area (Å²) in [6.07, 6.45) is 13.5. The van der Waals surface area contributed by atoms with Crippen LogP contribution in [0.15, 0.2) is 0 Å². The fraction of sp³-hybridized carbons (Fsp3) is 0.939. The summed E-state index contributed by atoms with van der Waals surface area (Å²) in [5.74, 6) is 9.88. The monoisotopic (exact) mass is 514 g/mol. The van der Waals surface area contributed by atoms with Crippen molar-refractivity contribution in [2.24, 2.45) is 39.9 Å². The van der Waals surface area contributed by atoms with Gasteiger partial charge in [-0.05, 0) is 105 Å². The minimum Gasteiger partial charge on any atom is -0.414 e. The Hall–Kier alpha value is -0.303. The summed E-state index contributed by atoms with van der Waals surface area (Å²) >= 11 is 0. The predicted molar refractivity (Wildman–Crippen MR) is 155 cm³/mol. The number of hydrogen-bond acceptors (Lipinski definition) is 2. The van der Waals surface area contributed by atoms with Crippen LogP contribution in [0.5, 0.6) is 0 Å². The molecule has 1 N–H and O–H groups in total. The van der Waals surface area contributed by atoms with Gasteiger partial charge in [0.2, 0.25) is 0 Å². The smallest absolute Gasteiger partial charge is 0.192 e. The Bertz CT molecular complexity index is 869. The maximum absolute atomic E-state index is 12.0. The van der Waals surface area contributed by atoms with Crippen LogP contribution < -0.4 is 0 Å². The zero-order valence-electron chi connectivity index (χ0n) is 25.5. The maximum atomic E-state index is 12.0. The molecule has 0 amide bonds. The van der Waals surface area contributed by atoms with Crippen molar-refractivity contribution >= 4 is 8.32 Å². The quantitative estimate of drug-likeness (QED) is 0.283. The Morgan fingerprint density at radius 1 is 1.03 bits per heavy atom. The summed E-state index contributed by atoms with van der Waals surface area (Å²) < 4.78 is 6.79. The van der Waals surface area contributed by atoms with Gasteiger partial charge in [0.15, 0.2) is 8.32 Å². The van der Waals surface area contributed by atoms with E-state index in [2.05, 4.69) is 80.3 Å². The molecule has 4 fully saturated rings. The lowest BCUT2D eigenvalue weighted by Gasteiger charge is -2.49. The average Bonchev–Trinajstić information content (AvgIpc) is 3.07. The summed E-state index contributed by atoms with van der Waals surface area (Å²) in [6.45, 7) is 23.8. The zero-order chi connectivity index (χ0) is 26.8. The minimum absolute atomic E-state index is 0.134. The predicted octanol–water partition coefficient (Wildman–Crippen LogP) is 8.98. The number of hydrogen-bond donors (Lipinski definition) is 1. The normalized spacial score (nSPS) is 41.3. The van der Waals surface area contributed by atoms with Gasteiger partial charge in [-0.25, -0.2) is 0 Å². The molecular weight excluding hydrogens is 456 g/mol. The molecule has 4 saturated carbocycles. The highest BCUT2D eigenvalue weighted by molar-refractivity contribution is 6.74. The van der Waals surface area contributed by atoms with Crippen molar-refractivity contribution in [1.29, 1.82) is 0 Å². The van der Waals surface area contributed by atoms with E-state index in [1.165, 1.54) is 44.9 Å². The first-order valence-electron chi connectivity index (χ1n) is 15.4. The summed E-state index contributed by atoms with van der Waals surface area (Å²) in [5.41, 5.74) is 0.0205. The lowest BCUT2D eigenvalue weighted by molar-refractivity contribution is -0.0718. The van der Waals surface area contributed by atoms with Crippen LogP contribution in [0.4, 0.5) is 0 Å². The van der Waals surface area contributed by atoms with Crippen LogP contribution in [-0.4, -0.2) is 25.1 Å². The third kappa shape index (κ3) is 5.53. The molecule has 3 heteroatoms. The highest BCUT2D eigenvalue weighted by Crippen LogP contribution is 2.65. The fourth-order valence-corrected chi connectivity index (χ4v) is 9.79. The van der Waals surface area contributed by atoms with E-state index in [4.69, 9.17) is 4.43 Å². The van der Waals surface area contributed by atoms with Crippen molar-refractivity contribution in [3.05, 3.63) is 0 Å². The fourth-order valence-electron chi connectivity index (χ4n) is 8.43. The van der Waals surface area contributed by atoms with E-state index in [0.717, 1.165) is 37.5 Å². The minimum atomic E-state index is -1.75. The lowest BCUT2D eigenvalue weighted by Crippen LogP contribution is -2.49. The maximum Gasteiger partial charge on any atom is 0.192 e. The Morgan fingerprint density at radius 3 is 2.36 bits per heavy atom. The summed E-state index contributed by atoms with van der Waals surface area (Å²) in [6, 6.07) is 0. The largest absolute Gasteiger partial charge is 0.414 e. The van der Waals surface area contributed by atoms with E-state index < -0.39 is 13.9 Å². The second-order valence-electron chi connectivity index (χ2n) is 16.7. The first-order chi connectivity index (χ1) is 16.4. The Kier molecular flexibility index (Phi) is 7.50. The van der Waals surface area contributed by atoms with Gasteiger partial charge >= 0.3 is 0 Å². The molecule has 0 heterocycles. The third-order valence-corrected chi connectivity index (χ3v) is 16.2. The molecule has 206 valence electrons. The molecule has 4 aliphatic rings. The summed E-state index contributed by atoms with van der Waals surface area (Å²) in [5, 5.41) is 12.3. The molecule has 2 unspecified atom stereocenters. The van der Waals surface area contributed by atoms with Crippen LogP contribution in [0, 0.1) is 51.8 Å². The molecular formula is C33H58O2Si. The first-order valence-corrected chi connectivity index (χ1v) is 18.3. The van der Waals surface area contributed by atoms with Gasteiger partial charge in [0, 0.05) is 17.4 Å². The molecule has 4 aliphatic carbocycles. The van der Waals surface area contributed by atoms with E-state index in [0.29, 0.717) is 23.4 Å². The number of fused-ring (bicyclic) bond motifs is 2. The second-order valence-corrected chi connectivity index (χ2v) is 21.5. The standard InChI is InChI=1S/C33H58O2Si/c1-24(13-11-16-29(2,3)4)27-14-15-28-31(27,8)17-12-18-33(28,34)20-19-32-22-25(32)21-26(23-32)35-36(9,10)30(5,6)7/h24-28,34H,11-18,21-23H2,1-10H3/t24-,25-,26+,27?,28+,31-,32-,33?/m1/s1. The van der Waals surface area contributed by atoms with Crippen molar-refractivity contribution in [3.8, 4) is 11.8 Å². The molecule has 0 bridgehead atoms. The van der Waals surface area contributed by atoms with E-state index in [9.17, 15) is 5.11 Å². The van der Waals surface area contributed by atoms with Crippen LogP contribution in [0.1, 0.15) is 126 Å². The van der Waals surface area contributed by atoms with Crippen LogP contribution in [0.2, 0.25) is 18.1 Å². The van der Waals surface area contributed by atoms with E-state index in [-0.39, 0.29) is 15.9 Å². The van der Waals surface area contributed by atoms with Gasteiger partial charge in [0.1, 0.15) is 5.60 Å². The van der Waals surface area contributed by atoms with E-state index >= 15 is 0 Å². The van der Waals surface area contributed by atoms with Gasteiger partial charge in [-0.3, -0.25) is 0 Å². The Morgan fingerprint density at radius 2 is 1.72 bits per heavy atom. The van der Waals surface area contributed by atoms with E-state index in [1.54, 1.807) is 0 Å². The van der Waals surface area contributed by atoms with Gasteiger partial charge in [-0.2, -0.15) is 0 Å². The van der Waals surface area contributed by atoms with E-state index in [1.807, 2.05) is 0 Å². The molecule has 2 nitrogen and oxygen atoms in total. The molecule has 0 radical (unpaired) electrons. The number of aliphatic hydroxyl groups is 1. The molecule has 0 aliphatic heterocycles. The summed E-state index contributed by atoms with van der Waals surface area (Å²) in [7, 11) is -1.75. The number of rotatable bonds is 6. The lowest BCUT2D eigenvalue weighted by atomic mass is 9.57. The second kappa shape index (κ2) is 9.41. The molecule has 36 heavy (non-hydrogen) atoms. The molecule has 0 aromatic heterocycles. The molecule has 0 spiro atoms. The van der Waals surface area contributed by atoms with Crippen LogP contribution in [-0.2, 0) is 4.43 Å². The summed E-state index contributed by atoms with van der Waals surface area (Å²) in [4.78, 5) is 0. The molecule has 0 saturated heterocycles. The van der Waals surface area contributed by atoms with Crippen molar-refractivity contribution in [2.75, 3.05) is 0 Å². The zero-order valence-corrected chi connectivity index (χ0v) is 26.5. The van der Waals surface area contributed by atoms with Crippen molar-refractivity contribution in [3.63, 3.8) is 0 Å². The molecule has 0 aromatic carbocycles. The van der Waals surface area contributed by atoms with Gasteiger partial charge in [0.05, 0.1) is 0 Å². The highest BCUT2D eigenvalue weighted by atomic mass is 28.4. The van der Waals surface area contributed by atoms with Gasteiger partial charge in [-0.15, -0.1) is 0 Å². The van der Waals surface area contributed by atoms with Crippen LogP contribution >= 0.6 is 0 Å². The molecule has 8 atom stereocenters. The van der Waals surface area contributed by atoms with Crippen molar-refractivity contribution in [1.82, 2.24) is 0 Å². The average molecular weight is 515 g/mol. The van der Waals surface area contributed by atoms with Crippen LogP contribution in [0.3, 0.4) is 0 Å². The topological polar surface area (TPSA) is 29.5 Å². The SMILES string of the molecule is C[C@H](CCCC(C)(C)C)C1CC[C@@H]2C(O)(C#C[C@@]34C[C@@H](O[Si](C)(C)C(C)(C)C)C[C@@H]3C4)CCC[C@]12C. The Labute approximate surface area is 225 Å². The van der Waals surface area contributed by atoms with Gasteiger partial charge in [0.25, 0.3) is 0 Å². The van der Waals surface area contributed by atoms with Gasteiger partial charge in [-0.1, -0.05) is 80.1 Å². The highest BCUT2D eigenvalue weighted by Gasteiger charge is 2.62. The third-order valence-electron chi connectivity index (χ3n) is 11.7. The molecule has 4 rings (SSSR count). The van der Waals surface area contributed by atoms with Crippen molar-refractivity contribution < 1.29 is 9.53 Å².